The van der Waals surface area contributed by atoms with Gasteiger partial charge >= 0.3 is 0 Å². The Morgan fingerprint density at radius 3 is 2.84 bits per heavy atom. The summed E-state index contributed by atoms with van der Waals surface area (Å²) in [5.41, 5.74) is 1.40. The zero-order valence-corrected chi connectivity index (χ0v) is 13.5. The minimum atomic E-state index is -0.367. The van der Waals surface area contributed by atoms with Crippen molar-refractivity contribution in [3.63, 3.8) is 0 Å². The van der Waals surface area contributed by atoms with Crippen LogP contribution in [0.1, 0.15) is 18.5 Å². The van der Waals surface area contributed by atoms with Crippen molar-refractivity contribution in [3.8, 4) is 11.5 Å². The number of ether oxygens (including phenoxy) is 2. The van der Waals surface area contributed by atoms with Crippen LogP contribution in [0.25, 0.3) is 0 Å². The highest BCUT2D eigenvalue weighted by Crippen LogP contribution is 2.30. The molecule has 0 aliphatic carbocycles. The van der Waals surface area contributed by atoms with E-state index in [1.54, 1.807) is 12.1 Å². The molecule has 1 atom stereocenters. The molecule has 0 aromatic heterocycles. The third-order valence-corrected chi connectivity index (χ3v) is 3.70. The number of rotatable bonds is 5. The zero-order chi connectivity index (χ0) is 17.8. The van der Waals surface area contributed by atoms with Gasteiger partial charge in [0.2, 0.25) is 0 Å². The number of carbonyl (C=O) groups is 2. The van der Waals surface area contributed by atoms with Gasteiger partial charge in [0.25, 0.3) is 11.8 Å². The molecule has 0 bridgehead atoms. The van der Waals surface area contributed by atoms with E-state index < -0.39 is 0 Å². The van der Waals surface area contributed by atoms with Gasteiger partial charge in [0.05, 0.1) is 11.7 Å². The molecule has 0 unspecified atom stereocenters. The van der Waals surface area contributed by atoms with Crippen molar-refractivity contribution in [2.75, 3.05) is 18.5 Å². The van der Waals surface area contributed by atoms with Crippen LogP contribution in [0.2, 0.25) is 0 Å². The van der Waals surface area contributed by atoms with E-state index in [9.17, 15) is 14.0 Å². The molecule has 1 aliphatic heterocycles. The van der Waals surface area contributed by atoms with E-state index in [4.69, 9.17) is 9.47 Å². The molecule has 0 fully saturated rings. The predicted molar refractivity (Wildman–Crippen MR) is 89.0 cm³/mol. The maximum absolute atomic E-state index is 12.8. The molecule has 2 aromatic rings. The van der Waals surface area contributed by atoms with Gasteiger partial charge in [-0.1, -0.05) is 6.07 Å². The van der Waals surface area contributed by atoms with Crippen molar-refractivity contribution < 1.29 is 23.5 Å². The first kappa shape index (κ1) is 16.8. The maximum Gasteiger partial charge on any atom is 0.262 e. The third-order valence-electron chi connectivity index (χ3n) is 3.70. The first-order chi connectivity index (χ1) is 12.0. The van der Waals surface area contributed by atoms with Crippen molar-refractivity contribution in [1.82, 2.24) is 5.32 Å². The van der Waals surface area contributed by atoms with Crippen molar-refractivity contribution in [2.24, 2.45) is 0 Å². The van der Waals surface area contributed by atoms with Crippen LogP contribution in [-0.2, 0) is 9.59 Å². The minimum absolute atomic E-state index is 0.000634. The lowest BCUT2D eigenvalue weighted by Gasteiger charge is -2.21. The number of amides is 2. The molecule has 130 valence electrons. The van der Waals surface area contributed by atoms with Crippen LogP contribution in [-0.4, -0.2) is 25.0 Å². The maximum atomic E-state index is 12.8. The quantitative estimate of drug-likeness (QED) is 0.873. The highest BCUT2D eigenvalue weighted by atomic mass is 19.1. The van der Waals surface area contributed by atoms with Crippen LogP contribution < -0.4 is 20.1 Å². The van der Waals surface area contributed by atoms with E-state index in [2.05, 4.69) is 10.6 Å². The van der Waals surface area contributed by atoms with Gasteiger partial charge in [0, 0.05) is 0 Å². The molecule has 25 heavy (non-hydrogen) atoms. The van der Waals surface area contributed by atoms with Crippen LogP contribution in [0.4, 0.5) is 10.1 Å². The van der Waals surface area contributed by atoms with E-state index >= 15 is 0 Å². The fraction of sp³-hybridized carbons (Fsp3) is 0.222. The largest absolute Gasteiger partial charge is 0.484 e. The number of hydrogen-bond acceptors (Lipinski definition) is 4. The molecular formula is C18H17FN2O4. The van der Waals surface area contributed by atoms with Gasteiger partial charge in [-0.05, 0) is 48.9 Å². The van der Waals surface area contributed by atoms with Crippen molar-refractivity contribution in [1.29, 1.82) is 0 Å². The van der Waals surface area contributed by atoms with Gasteiger partial charge in [-0.15, -0.1) is 0 Å². The van der Waals surface area contributed by atoms with Gasteiger partial charge in [0.1, 0.15) is 17.3 Å². The Morgan fingerprint density at radius 2 is 2.08 bits per heavy atom. The summed E-state index contributed by atoms with van der Waals surface area (Å²) in [5, 5.41) is 5.53. The van der Waals surface area contributed by atoms with Crippen LogP contribution in [0.5, 0.6) is 11.5 Å². The molecule has 2 amide bonds. The molecule has 0 saturated heterocycles. The number of fused-ring (bicyclic) bond motifs is 1. The van der Waals surface area contributed by atoms with Crippen LogP contribution in [0.15, 0.2) is 42.5 Å². The molecule has 2 N–H and O–H groups in total. The van der Waals surface area contributed by atoms with Crippen molar-refractivity contribution >= 4 is 17.5 Å². The lowest BCUT2D eigenvalue weighted by atomic mass is 10.1. The summed E-state index contributed by atoms with van der Waals surface area (Å²) >= 11 is 0. The highest BCUT2D eigenvalue weighted by Gasteiger charge is 2.18. The number of anilines is 1. The first-order valence-electron chi connectivity index (χ1n) is 7.75. The molecule has 1 heterocycles. The van der Waals surface area contributed by atoms with E-state index in [0.29, 0.717) is 17.2 Å². The second kappa shape index (κ2) is 7.21. The Morgan fingerprint density at radius 1 is 1.32 bits per heavy atom. The molecule has 6 nitrogen and oxygen atoms in total. The second-order valence-corrected chi connectivity index (χ2v) is 5.62. The number of nitrogens with one attached hydrogen (secondary N) is 2. The standard InChI is InChI=1S/C18H17FN2O4/c1-11(12-2-7-16-15(8-12)21-18(23)10-25-16)20-17(22)9-24-14-5-3-13(19)4-6-14/h2-8,11H,9-10H2,1H3,(H,20,22)(H,21,23)/t11-/m0/s1. The molecule has 2 aromatic carbocycles. The summed E-state index contributed by atoms with van der Waals surface area (Å²) in [6, 6.07) is 10.5. The van der Waals surface area contributed by atoms with Crippen LogP contribution in [0.3, 0.4) is 0 Å². The van der Waals surface area contributed by atoms with Gasteiger partial charge in [-0.3, -0.25) is 9.59 Å². The Kier molecular flexibility index (Phi) is 4.83. The van der Waals surface area contributed by atoms with Gasteiger partial charge in [-0.2, -0.15) is 0 Å². The Bertz CT molecular complexity index is 792. The van der Waals surface area contributed by atoms with Crippen molar-refractivity contribution in [3.05, 3.63) is 53.8 Å². The summed E-state index contributed by atoms with van der Waals surface area (Å²) in [5.74, 6) is 0.122. The summed E-state index contributed by atoms with van der Waals surface area (Å²) < 4.78 is 23.4. The van der Waals surface area contributed by atoms with Gasteiger partial charge < -0.3 is 20.1 Å². The molecular weight excluding hydrogens is 327 g/mol. The first-order valence-corrected chi connectivity index (χ1v) is 7.75. The molecule has 0 spiro atoms. The second-order valence-electron chi connectivity index (χ2n) is 5.62. The fourth-order valence-electron chi connectivity index (χ4n) is 2.42. The van der Waals surface area contributed by atoms with E-state index in [0.717, 1.165) is 5.56 Å². The van der Waals surface area contributed by atoms with Gasteiger partial charge in [-0.25, -0.2) is 4.39 Å². The summed E-state index contributed by atoms with van der Waals surface area (Å²) in [6.07, 6.45) is 0. The zero-order valence-electron chi connectivity index (χ0n) is 13.5. The SMILES string of the molecule is C[C@H](NC(=O)COc1ccc(F)cc1)c1ccc2c(c1)NC(=O)CO2. The average Bonchev–Trinajstić information content (AvgIpc) is 2.60. The molecule has 0 radical (unpaired) electrons. The smallest absolute Gasteiger partial charge is 0.262 e. The topological polar surface area (TPSA) is 76.7 Å². The number of halogens is 1. The normalized spacial score (nSPS) is 13.9. The number of benzene rings is 2. The monoisotopic (exact) mass is 344 g/mol. The average molecular weight is 344 g/mol. The molecule has 3 rings (SSSR count). The lowest BCUT2D eigenvalue weighted by molar-refractivity contribution is -0.123. The third kappa shape index (κ3) is 4.26. The molecule has 0 saturated carbocycles. The van der Waals surface area contributed by atoms with Gasteiger partial charge in [0.15, 0.2) is 13.2 Å². The Labute approximate surface area is 143 Å². The Hall–Kier alpha value is -3.09. The Balaban J connectivity index is 1.57. The minimum Gasteiger partial charge on any atom is -0.484 e. The van der Waals surface area contributed by atoms with Crippen LogP contribution in [0, 0.1) is 5.82 Å². The van der Waals surface area contributed by atoms with Crippen LogP contribution >= 0.6 is 0 Å². The van der Waals surface area contributed by atoms with E-state index in [1.165, 1.54) is 24.3 Å². The lowest BCUT2D eigenvalue weighted by Crippen LogP contribution is -2.31. The predicted octanol–water partition coefficient (Wildman–Crippen LogP) is 2.41. The van der Waals surface area contributed by atoms with E-state index in [-0.39, 0.29) is 36.9 Å². The number of hydrogen-bond donors (Lipinski definition) is 2. The fourth-order valence-corrected chi connectivity index (χ4v) is 2.42. The molecule has 1 aliphatic rings. The molecule has 7 heteroatoms. The highest BCUT2D eigenvalue weighted by molar-refractivity contribution is 5.95. The van der Waals surface area contributed by atoms with E-state index in [1.807, 2.05) is 13.0 Å². The number of carbonyl (C=O) groups excluding carboxylic acids is 2. The summed E-state index contributed by atoms with van der Waals surface area (Å²) in [4.78, 5) is 23.4. The van der Waals surface area contributed by atoms with Crippen molar-refractivity contribution in [2.45, 2.75) is 13.0 Å². The summed E-state index contributed by atoms with van der Waals surface area (Å²) in [7, 11) is 0. The summed E-state index contributed by atoms with van der Waals surface area (Å²) in [6.45, 7) is 1.64.